The first-order chi connectivity index (χ1) is 9.86. The van der Waals surface area contributed by atoms with Crippen molar-refractivity contribution in [1.82, 2.24) is 9.21 Å². The minimum atomic E-state index is -3.91. The molecule has 0 aliphatic carbocycles. The number of hydrogen-bond donors (Lipinski definition) is 1. The second-order valence-corrected chi connectivity index (χ2v) is 7.37. The van der Waals surface area contributed by atoms with Crippen molar-refractivity contribution in [3.63, 3.8) is 0 Å². The summed E-state index contributed by atoms with van der Waals surface area (Å²) in [7, 11) is -3.91. The van der Waals surface area contributed by atoms with E-state index in [4.69, 9.17) is 17.3 Å². The number of rotatable bonds is 4. The van der Waals surface area contributed by atoms with Gasteiger partial charge in [-0.15, -0.1) is 0 Å². The van der Waals surface area contributed by atoms with Crippen LogP contribution in [0, 0.1) is 5.82 Å². The molecule has 1 heterocycles. The van der Waals surface area contributed by atoms with E-state index in [1.165, 1.54) is 10.4 Å². The van der Waals surface area contributed by atoms with E-state index in [0.29, 0.717) is 26.2 Å². The lowest BCUT2D eigenvalue weighted by molar-refractivity contribution is 0.188. The third kappa shape index (κ3) is 3.48. The van der Waals surface area contributed by atoms with E-state index >= 15 is 0 Å². The first-order valence-electron chi connectivity index (χ1n) is 6.83. The van der Waals surface area contributed by atoms with Crippen LogP contribution in [0.4, 0.5) is 10.1 Å². The molecule has 21 heavy (non-hydrogen) atoms. The molecule has 8 heteroatoms. The number of piperazine rings is 1. The van der Waals surface area contributed by atoms with Crippen LogP contribution < -0.4 is 5.73 Å². The fourth-order valence-corrected chi connectivity index (χ4v) is 4.25. The smallest absolute Gasteiger partial charge is 0.246 e. The summed E-state index contributed by atoms with van der Waals surface area (Å²) in [5, 5.41) is -0.279. The second kappa shape index (κ2) is 6.48. The molecule has 2 N–H and O–H groups in total. The average Bonchev–Trinajstić information content (AvgIpc) is 2.43. The van der Waals surface area contributed by atoms with Gasteiger partial charge in [-0.1, -0.05) is 18.5 Å². The van der Waals surface area contributed by atoms with Crippen LogP contribution >= 0.6 is 11.6 Å². The molecule has 1 fully saturated rings. The van der Waals surface area contributed by atoms with Crippen molar-refractivity contribution in [3.8, 4) is 0 Å². The van der Waals surface area contributed by atoms with Crippen LogP contribution in [0.5, 0.6) is 0 Å². The summed E-state index contributed by atoms with van der Waals surface area (Å²) in [5.41, 5.74) is 5.70. The third-order valence-electron chi connectivity index (χ3n) is 3.51. The number of halogens is 2. The maximum absolute atomic E-state index is 14.0. The molecule has 0 unspecified atom stereocenters. The molecule has 0 radical (unpaired) electrons. The summed E-state index contributed by atoms with van der Waals surface area (Å²) in [6.07, 6.45) is 1.02. The van der Waals surface area contributed by atoms with E-state index in [2.05, 4.69) is 11.8 Å². The number of sulfonamides is 1. The van der Waals surface area contributed by atoms with E-state index in [1.54, 1.807) is 0 Å². The Bertz CT molecular complexity index is 616. The van der Waals surface area contributed by atoms with Gasteiger partial charge in [0.2, 0.25) is 10.0 Å². The molecule has 1 saturated heterocycles. The van der Waals surface area contributed by atoms with Gasteiger partial charge >= 0.3 is 0 Å². The molecular formula is C13H19ClFN3O2S. The lowest BCUT2D eigenvalue weighted by Crippen LogP contribution is -2.48. The largest absolute Gasteiger partial charge is 0.399 e. The second-order valence-electron chi connectivity index (χ2n) is 5.06. The van der Waals surface area contributed by atoms with Crippen LogP contribution in [-0.4, -0.2) is 50.3 Å². The van der Waals surface area contributed by atoms with Gasteiger partial charge in [-0.2, -0.15) is 4.31 Å². The molecule has 5 nitrogen and oxygen atoms in total. The topological polar surface area (TPSA) is 66.6 Å². The lowest BCUT2D eigenvalue weighted by atomic mass is 10.3. The van der Waals surface area contributed by atoms with E-state index in [9.17, 15) is 12.8 Å². The number of benzene rings is 1. The Hall–Kier alpha value is -0.890. The minimum Gasteiger partial charge on any atom is -0.399 e. The SMILES string of the molecule is CCCN1CCN(S(=O)(=O)c2cc(N)cc(Cl)c2F)CC1. The molecule has 0 aromatic heterocycles. The van der Waals surface area contributed by atoms with Crippen LogP contribution in [0.2, 0.25) is 5.02 Å². The molecule has 1 aliphatic heterocycles. The number of nitrogens with two attached hydrogens (primary N) is 1. The van der Waals surface area contributed by atoms with E-state index in [-0.39, 0.29) is 10.7 Å². The predicted octanol–water partition coefficient (Wildman–Crippen LogP) is 1.78. The highest BCUT2D eigenvalue weighted by atomic mass is 35.5. The van der Waals surface area contributed by atoms with Crippen molar-refractivity contribution in [2.24, 2.45) is 0 Å². The average molecular weight is 336 g/mol. The highest BCUT2D eigenvalue weighted by molar-refractivity contribution is 7.89. The van der Waals surface area contributed by atoms with Crippen molar-refractivity contribution in [1.29, 1.82) is 0 Å². The molecule has 1 aromatic rings. The quantitative estimate of drug-likeness (QED) is 0.852. The fraction of sp³-hybridized carbons (Fsp3) is 0.538. The van der Waals surface area contributed by atoms with E-state index in [1.807, 2.05) is 0 Å². The van der Waals surface area contributed by atoms with Crippen molar-refractivity contribution < 1.29 is 12.8 Å². The van der Waals surface area contributed by atoms with Crippen molar-refractivity contribution >= 4 is 27.3 Å². The maximum atomic E-state index is 14.0. The Kier molecular flexibility index (Phi) is 5.08. The van der Waals surface area contributed by atoms with Crippen LogP contribution in [0.3, 0.4) is 0 Å². The summed E-state index contributed by atoms with van der Waals surface area (Å²) < 4.78 is 40.4. The summed E-state index contributed by atoms with van der Waals surface area (Å²) >= 11 is 5.68. The first-order valence-corrected chi connectivity index (χ1v) is 8.65. The number of hydrogen-bond acceptors (Lipinski definition) is 4. The van der Waals surface area contributed by atoms with Gasteiger partial charge in [-0.05, 0) is 25.1 Å². The standard InChI is InChI=1S/C13H19ClFN3O2S/c1-2-3-17-4-6-18(7-5-17)21(19,20)12-9-10(16)8-11(14)13(12)15/h8-9H,2-7,16H2,1H3. The Balaban J connectivity index is 2.24. The van der Waals surface area contributed by atoms with Crippen LogP contribution in [-0.2, 0) is 10.0 Å². The van der Waals surface area contributed by atoms with Gasteiger partial charge in [-0.3, -0.25) is 0 Å². The van der Waals surface area contributed by atoms with Gasteiger partial charge in [0, 0.05) is 31.9 Å². The summed E-state index contributed by atoms with van der Waals surface area (Å²) in [4.78, 5) is 1.74. The molecular weight excluding hydrogens is 317 g/mol. The molecule has 2 rings (SSSR count). The van der Waals surface area contributed by atoms with Gasteiger partial charge in [0.1, 0.15) is 4.90 Å². The number of anilines is 1. The maximum Gasteiger partial charge on any atom is 0.246 e. The molecule has 1 aliphatic rings. The molecule has 1 aromatic carbocycles. The summed E-state index contributed by atoms with van der Waals surface area (Å²) in [6.45, 7) is 4.98. The zero-order valence-electron chi connectivity index (χ0n) is 11.8. The van der Waals surface area contributed by atoms with Crippen molar-refractivity contribution in [3.05, 3.63) is 23.0 Å². The first kappa shape index (κ1) is 16.5. The summed E-state index contributed by atoms with van der Waals surface area (Å²) in [5.74, 6) is -0.943. The van der Waals surface area contributed by atoms with Gasteiger partial charge in [-0.25, -0.2) is 12.8 Å². The van der Waals surface area contributed by atoms with E-state index in [0.717, 1.165) is 19.0 Å². The van der Waals surface area contributed by atoms with Gasteiger partial charge in [0.15, 0.2) is 5.82 Å². The van der Waals surface area contributed by atoms with Crippen LogP contribution in [0.15, 0.2) is 17.0 Å². The van der Waals surface area contributed by atoms with Crippen LogP contribution in [0.25, 0.3) is 0 Å². The zero-order chi connectivity index (χ0) is 15.6. The van der Waals surface area contributed by atoms with Crippen molar-refractivity contribution in [2.75, 3.05) is 38.5 Å². The molecule has 0 saturated carbocycles. The van der Waals surface area contributed by atoms with Gasteiger partial charge in [0.25, 0.3) is 0 Å². The molecule has 0 atom stereocenters. The lowest BCUT2D eigenvalue weighted by Gasteiger charge is -2.33. The minimum absolute atomic E-state index is 0.129. The molecule has 118 valence electrons. The normalized spacial score (nSPS) is 18.0. The zero-order valence-corrected chi connectivity index (χ0v) is 13.4. The Labute approximate surface area is 129 Å². The van der Waals surface area contributed by atoms with E-state index < -0.39 is 20.7 Å². The molecule has 0 amide bonds. The fourth-order valence-electron chi connectivity index (χ4n) is 2.42. The Morgan fingerprint density at radius 2 is 1.90 bits per heavy atom. The molecule has 0 spiro atoms. The highest BCUT2D eigenvalue weighted by Gasteiger charge is 2.31. The van der Waals surface area contributed by atoms with Gasteiger partial charge < -0.3 is 10.6 Å². The van der Waals surface area contributed by atoms with Crippen LogP contribution in [0.1, 0.15) is 13.3 Å². The highest BCUT2D eigenvalue weighted by Crippen LogP contribution is 2.28. The van der Waals surface area contributed by atoms with Gasteiger partial charge in [0.05, 0.1) is 5.02 Å². The summed E-state index contributed by atoms with van der Waals surface area (Å²) in [6, 6.07) is 2.32. The molecule has 0 bridgehead atoms. The monoisotopic (exact) mass is 335 g/mol. The number of nitrogen functional groups attached to an aromatic ring is 1. The Morgan fingerprint density at radius 3 is 2.48 bits per heavy atom. The van der Waals surface area contributed by atoms with Crippen molar-refractivity contribution in [2.45, 2.75) is 18.2 Å². The number of nitrogens with zero attached hydrogens (tertiary/aromatic N) is 2. The third-order valence-corrected chi connectivity index (χ3v) is 5.68. The Morgan fingerprint density at radius 1 is 1.29 bits per heavy atom. The predicted molar refractivity (Wildman–Crippen MR) is 81.3 cm³/mol.